The van der Waals surface area contributed by atoms with E-state index in [9.17, 15) is 4.79 Å². The molecule has 1 heterocycles. The second-order valence-corrected chi connectivity index (χ2v) is 6.70. The standard InChI is InChI=1S/C22H27N3O3/c1-5-23-13-15-6-8-16(9-7-15)24-14(2)10-18-17-11-20(27-3)21(28-4)12-19(17)25-22(18)26/h6-12,14,23-24H,5,13H2,1-4H3,(H,25,26). The van der Waals surface area contributed by atoms with Gasteiger partial charge in [-0.05, 0) is 43.3 Å². The molecule has 0 bridgehead atoms. The van der Waals surface area contributed by atoms with Gasteiger partial charge in [0.25, 0.3) is 5.91 Å². The van der Waals surface area contributed by atoms with Crippen molar-refractivity contribution in [3.63, 3.8) is 0 Å². The highest BCUT2D eigenvalue weighted by Crippen LogP contribution is 2.40. The molecule has 3 rings (SSSR count). The van der Waals surface area contributed by atoms with E-state index in [0.29, 0.717) is 17.1 Å². The predicted octanol–water partition coefficient (Wildman–Crippen LogP) is 3.65. The number of nitrogens with one attached hydrogen (secondary N) is 3. The topological polar surface area (TPSA) is 71.6 Å². The molecule has 6 heteroatoms. The first kappa shape index (κ1) is 19.8. The minimum atomic E-state index is -0.125. The highest BCUT2D eigenvalue weighted by atomic mass is 16.5. The van der Waals surface area contributed by atoms with E-state index in [1.807, 2.05) is 19.1 Å². The number of benzene rings is 2. The number of hydrogen-bond acceptors (Lipinski definition) is 5. The molecule has 148 valence electrons. The van der Waals surface area contributed by atoms with Crippen LogP contribution in [0.5, 0.6) is 11.5 Å². The summed E-state index contributed by atoms with van der Waals surface area (Å²) < 4.78 is 10.7. The monoisotopic (exact) mass is 381 g/mol. The van der Waals surface area contributed by atoms with Gasteiger partial charge in [0.1, 0.15) is 0 Å². The first-order valence-corrected chi connectivity index (χ1v) is 9.41. The minimum absolute atomic E-state index is 0.0283. The second-order valence-electron chi connectivity index (χ2n) is 6.70. The molecule has 0 radical (unpaired) electrons. The van der Waals surface area contributed by atoms with E-state index < -0.39 is 0 Å². The third-order valence-corrected chi connectivity index (χ3v) is 4.65. The van der Waals surface area contributed by atoms with E-state index in [-0.39, 0.29) is 11.9 Å². The SMILES string of the molecule is CCNCc1ccc(NC(C)C=C2C(=O)Nc3cc(OC)c(OC)cc32)cc1. The Morgan fingerprint density at radius 1 is 1.11 bits per heavy atom. The average molecular weight is 381 g/mol. The third-order valence-electron chi connectivity index (χ3n) is 4.65. The summed E-state index contributed by atoms with van der Waals surface area (Å²) in [5, 5.41) is 9.63. The zero-order valence-corrected chi connectivity index (χ0v) is 16.8. The van der Waals surface area contributed by atoms with Crippen LogP contribution in [0.4, 0.5) is 11.4 Å². The van der Waals surface area contributed by atoms with E-state index in [1.165, 1.54) is 5.56 Å². The molecule has 1 aliphatic heterocycles. The highest BCUT2D eigenvalue weighted by molar-refractivity contribution is 6.31. The molecular formula is C22H27N3O3. The molecule has 0 saturated heterocycles. The number of ether oxygens (including phenoxy) is 2. The van der Waals surface area contributed by atoms with Gasteiger partial charge in [0.2, 0.25) is 0 Å². The molecule has 6 nitrogen and oxygen atoms in total. The van der Waals surface area contributed by atoms with Crippen LogP contribution in [-0.4, -0.2) is 32.7 Å². The lowest BCUT2D eigenvalue weighted by atomic mass is 10.0. The van der Waals surface area contributed by atoms with Gasteiger partial charge in [0.05, 0.1) is 19.9 Å². The molecule has 2 aromatic rings. The lowest BCUT2D eigenvalue weighted by molar-refractivity contribution is -0.110. The molecule has 0 aromatic heterocycles. The van der Waals surface area contributed by atoms with Gasteiger partial charge in [0.15, 0.2) is 11.5 Å². The number of rotatable bonds is 8. The molecule has 0 spiro atoms. The van der Waals surface area contributed by atoms with Crippen molar-refractivity contribution in [1.29, 1.82) is 0 Å². The normalized spacial score (nSPS) is 15.1. The van der Waals surface area contributed by atoms with E-state index in [0.717, 1.165) is 30.0 Å². The molecule has 1 amide bonds. The van der Waals surface area contributed by atoms with Gasteiger partial charge in [-0.3, -0.25) is 4.79 Å². The van der Waals surface area contributed by atoms with Crippen LogP contribution in [0.15, 0.2) is 42.5 Å². The van der Waals surface area contributed by atoms with Crippen LogP contribution < -0.4 is 25.4 Å². The van der Waals surface area contributed by atoms with Crippen molar-refractivity contribution in [3.05, 3.63) is 53.6 Å². The summed E-state index contributed by atoms with van der Waals surface area (Å²) in [5.41, 5.74) is 4.42. The first-order chi connectivity index (χ1) is 13.5. The van der Waals surface area contributed by atoms with Gasteiger partial charge in [-0.15, -0.1) is 0 Å². The molecule has 0 aliphatic carbocycles. The van der Waals surface area contributed by atoms with Gasteiger partial charge in [-0.1, -0.05) is 19.1 Å². The number of methoxy groups -OCH3 is 2. The summed E-state index contributed by atoms with van der Waals surface area (Å²) in [4.78, 5) is 12.5. The number of carbonyl (C=O) groups excluding carboxylic acids is 1. The minimum Gasteiger partial charge on any atom is -0.493 e. The lowest BCUT2D eigenvalue weighted by Crippen LogP contribution is -2.15. The van der Waals surface area contributed by atoms with Crippen LogP contribution in [-0.2, 0) is 11.3 Å². The molecule has 1 atom stereocenters. The Morgan fingerprint density at radius 2 is 1.79 bits per heavy atom. The van der Waals surface area contributed by atoms with Gasteiger partial charge in [0, 0.05) is 35.5 Å². The predicted molar refractivity (Wildman–Crippen MR) is 113 cm³/mol. The van der Waals surface area contributed by atoms with Crippen molar-refractivity contribution >= 4 is 22.9 Å². The summed E-state index contributed by atoms with van der Waals surface area (Å²) >= 11 is 0. The lowest BCUT2D eigenvalue weighted by Gasteiger charge is -2.13. The van der Waals surface area contributed by atoms with E-state index in [2.05, 4.69) is 47.1 Å². The number of fused-ring (bicyclic) bond motifs is 1. The highest BCUT2D eigenvalue weighted by Gasteiger charge is 2.27. The van der Waals surface area contributed by atoms with Gasteiger partial charge in [-0.25, -0.2) is 0 Å². The van der Waals surface area contributed by atoms with Gasteiger partial charge in [-0.2, -0.15) is 0 Å². The number of carbonyl (C=O) groups is 1. The maximum atomic E-state index is 12.5. The van der Waals surface area contributed by atoms with Crippen molar-refractivity contribution in [2.24, 2.45) is 0 Å². The van der Waals surface area contributed by atoms with Crippen LogP contribution in [0.25, 0.3) is 5.57 Å². The average Bonchev–Trinajstić information content (AvgIpc) is 3.00. The number of anilines is 2. The largest absolute Gasteiger partial charge is 0.493 e. The van der Waals surface area contributed by atoms with Crippen molar-refractivity contribution < 1.29 is 14.3 Å². The Kier molecular flexibility index (Phi) is 6.21. The van der Waals surface area contributed by atoms with Crippen molar-refractivity contribution in [2.45, 2.75) is 26.4 Å². The van der Waals surface area contributed by atoms with Crippen LogP contribution >= 0.6 is 0 Å². The Bertz CT molecular complexity index is 875. The summed E-state index contributed by atoms with van der Waals surface area (Å²) in [5.74, 6) is 1.06. The molecule has 1 unspecified atom stereocenters. The Morgan fingerprint density at radius 3 is 2.43 bits per heavy atom. The van der Waals surface area contributed by atoms with Crippen molar-refractivity contribution in [2.75, 3.05) is 31.4 Å². The number of hydrogen-bond donors (Lipinski definition) is 3. The van der Waals surface area contributed by atoms with E-state index in [4.69, 9.17) is 9.47 Å². The summed E-state index contributed by atoms with van der Waals surface area (Å²) in [7, 11) is 3.16. The summed E-state index contributed by atoms with van der Waals surface area (Å²) in [6, 6.07) is 11.9. The molecule has 0 fully saturated rings. The molecule has 28 heavy (non-hydrogen) atoms. The van der Waals surface area contributed by atoms with Crippen molar-refractivity contribution in [1.82, 2.24) is 5.32 Å². The van der Waals surface area contributed by atoms with E-state index >= 15 is 0 Å². The number of amides is 1. The van der Waals surface area contributed by atoms with Gasteiger partial charge < -0.3 is 25.4 Å². The van der Waals surface area contributed by atoms with Crippen LogP contribution in [0.3, 0.4) is 0 Å². The van der Waals surface area contributed by atoms with Crippen molar-refractivity contribution in [3.8, 4) is 11.5 Å². The second kappa shape index (κ2) is 8.80. The fourth-order valence-electron chi connectivity index (χ4n) is 3.23. The van der Waals surface area contributed by atoms with Crippen LogP contribution in [0, 0.1) is 0 Å². The first-order valence-electron chi connectivity index (χ1n) is 9.41. The molecule has 3 N–H and O–H groups in total. The quantitative estimate of drug-likeness (QED) is 0.609. The smallest absolute Gasteiger partial charge is 0.256 e. The maximum absolute atomic E-state index is 12.5. The zero-order valence-electron chi connectivity index (χ0n) is 16.8. The summed E-state index contributed by atoms with van der Waals surface area (Å²) in [6.45, 7) is 5.92. The third kappa shape index (κ3) is 4.28. The molecule has 0 saturated carbocycles. The van der Waals surface area contributed by atoms with Gasteiger partial charge >= 0.3 is 0 Å². The zero-order chi connectivity index (χ0) is 20.1. The summed E-state index contributed by atoms with van der Waals surface area (Å²) in [6.07, 6.45) is 1.93. The van der Waals surface area contributed by atoms with Crippen LogP contribution in [0.1, 0.15) is 25.0 Å². The fourth-order valence-corrected chi connectivity index (χ4v) is 3.23. The maximum Gasteiger partial charge on any atom is 0.256 e. The Labute approximate surface area is 165 Å². The molecule has 2 aromatic carbocycles. The van der Waals surface area contributed by atoms with Crippen LogP contribution in [0.2, 0.25) is 0 Å². The fraction of sp³-hybridized carbons (Fsp3) is 0.318. The Balaban J connectivity index is 1.77. The Hall–Kier alpha value is -2.99. The molecular weight excluding hydrogens is 354 g/mol. The van der Waals surface area contributed by atoms with E-state index in [1.54, 1.807) is 20.3 Å². The molecule has 1 aliphatic rings.